The van der Waals surface area contributed by atoms with E-state index in [1.807, 2.05) is 51.1 Å². The molecule has 0 spiro atoms. The van der Waals surface area contributed by atoms with Gasteiger partial charge in [0.05, 0.1) is 18.8 Å². The number of rotatable bonds is 19. The van der Waals surface area contributed by atoms with E-state index in [0.717, 1.165) is 82.6 Å². The van der Waals surface area contributed by atoms with Crippen LogP contribution in [-0.4, -0.2) is 101 Å². The molecule has 1 aromatic carbocycles. The van der Waals surface area contributed by atoms with Crippen LogP contribution in [0.2, 0.25) is 0 Å². The Morgan fingerprint density at radius 1 is 0.840 bits per heavy atom. The van der Waals surface area contributed by atoms with E-state index in [1.165, 1.54) is 0 Å². The third-order valence-electron chi connectivity index (χ3n) is 10.1. The summed E-state index contributed by atoms with van der Waals surface area (Å²) in [6.07, 6.45) is 3.06. The monoisotopic (exact) mass is 708 g/mol. The van der Waals surface area contributed by atoms with E-state index < -0.39 is 73.4 Å². The van der Waals surface area contributed by atoms with Crippen molar-refractivity contribution in [2.24, 2.45) is 0 Å². The maximum atomic E-state index is 11.3. The molecule has 12 heteroatoms. The molecule has 4 aliphatic rings. The SMILES string of the molecule is CCCCC[C@H](CCCCCCCCCC(=O)O)O[C@@H]1O[C@H](C)[C@@H]2OC(C)(C)O[C@@H]2[C@H]1O[C@@H]1O[C@@H]2COC(c3ccccc3)O[C@H]2[C@H](O)[C@H]1O. The molecule has 5 rings (SSSR count). The van der Waals surface area contributed by atoms with E-state index in [2.05, 4.69) is 6.92 Å². The van der Waals surface area contributed by atoms with E-state index in [9.17, 15) is 15.0 Å². The molecule has 4 fully saturated rings. The molecule has 0 radical (unpaired) electrons. The number of carboxylic acid groups (broad SMARTS) is 1. The lowest BCUT2D eigenvalue weighted by Crippen LogP contribution is -2.65. The molecule has 4 heterocycles. The summed E-state index contributed by atoms with van der Waals surface area (Å²) in [5, 5.41) is 31.4. The molecule has 0 amide bonds. The van der Waals surface area contributed by atoms with Gasteiger partial charge in [-0.2, -0.15) is 0 Å². The molecule has 4 aliphatic heterocycles. The van der Waals surface area contributed by atoms with E-state index in [-0.39, 0.29) is 25.2 Å². The highest BCUT2D eigenvalue weighted by molar-refractivity contribution is 5.66. The number of hydrogen-bond donors (Lipinski definition) is 3. The van der Waals surface area contributed by atoms with Crippen LogP contribution in [0.3, 0.4) is 0 Å². The average molecular weight is 709 g/mol. The third-order valence-corrected chi connectivity index (χ3v) is 10.1. The van der Waals surface area contributed by atoms with Crippen molar-refractivity contribution in [1.82, 2.24) is 0 Å². The Morgan fingerprint density at radius 3 is 2.20 bits per heavy atom. The number of aliphatic carboxylic acids is 1. The first-order chi connectivity index (χ1) is 24.1. The van der Waals surface area contributed by atoms with Gasteiger partial charge >= 0.3 is 5.97 Å². The van der Waals surface area contributed by atoms with Gasteiger partial charge in [0.2, 0.25) is 0 Å². The zero-order valence-electron chi connectivity index (χ0n) is 30.2. The molecular weight excluding hydrogens is 648 g/mol. The van der Waals surface area contributed by atoms with Crippen LogP contribution in [0.4, 0.5) is 0 Å². The second-order valence-electron chi connectivity index (χ2n) is 14.7. The number of hydrogen-bond acceptors (Lipinski definition) is 11. The Hall–Kier alpha value is -1.71. The molecule has 284 valence electrons. The van der Waals surface area contributed by atoms with E-state index in [1.54, 1.807) is 0 Å². The molecule has 1 aromatic rings. The van der Waals surface area contributed by atoms with Gasteiger partial charge in [-0.3, -0.25) is 4.79 Å². The zero-order chi connectivity index (χ0) is 35.7. The average Bonchev–Trinajstić information content (AvgIpc) is 3.43. The van der Waals surface area contributed by atoms with Gasteiger partial charge < -0.3 is 53.2 Å². The number of unbranched alkanes of at least 4 members (excludes halogenated alkanes) is 8. The van der Waals surface area contributed by atoms with Crippen molar-refractivity contribution >= 4 is 5.97 Å². The van der Waals surface area contributed by atoms with Crippen molar-refractivity contribution in [3.8, 4) is 0 Å². The predicted octanol–water partition coefficient (Wildman–Crippen LogP) is 5.76. The maximum absolute atomic E-state index is 11.3. The van der Waals surface area contributed by atoms with Crippen LogP contribution in [0.1, 0.15) is 123 Å². The highest BCUT2D eigenvalue weighted by Gasteiger charge is 2.58. The van der Waals surface area contributed by atoms with Crippen LogP contribution in [0.15, 0.2) is 30.3 Å². The van der Waals surface area contributed by atoms with Crippen LogP contribution in [0.25, 0.3) is 0 Å². The van der Waals surface area contributed by atoms with Crippen molar-refractivity contribution < 1.29 is 58.0 Å². The van der Waals surface area contributed by atoms with E-state index in [4.69, 9.17) is 43.0 Å². The Morgan fingerprint density at radius 2 is 1.50 bits per heavy atom. The van der Waals surface area contributed by atoms with Gasteiger partial charge in [-0.25, -0.2) is 0 Å². The molecule has 50 heavy (non-hydrogen) atoms. The number of ether oxygens (including phenoxy) is 8. The number of fused-ring (bicyclic) bond motifs is 2. The highest BCUT2D eigenvalue weighted by Crippen LogP contribution is 2.42. The first-order valence-electron chi connectivity index (χ1n) is 18.9. The van der Waals surface area contributed by atoms with Crippen molar-refractivity contribution in [3.05, 3.63) is 35.9 Å². The summed E-state index contributed by atoms with van der Waals surface area (Å²) in [5.74, 6) is -1.61. The minimum absolute atomic E-state index is 0.0745. The summed E-state index contributed by atoms with van der Waals surface area (Å²) < 4.78 is 50.7. The summed E-state index contributed by atoms with van der Waals surface area (Å²) in [6, 6.07) is 9.46. The van der Waals surface area contributed by atoms with Crippen LogP contribution < -0.4 is 0 Å². The predicted molar refractivity (Wildman–Crippen MR) is 182 cm³/mol. The molecule has 12 atom stereocenters. The Bertz CT molecular complexity index is 1150. The number of carbonyl (C=O) groups is 1. The molecule has 4 saturated heterocycles. The van der Waals surface area contributed by atoms with Gasteiger partial charge in [-0.1, -0.05) is 95.0 Å². The fourth-order valence-corrected chi connectivity index (χ4v) is 7.46. The second kappa shape index (κ2) is 18.9. The van der Waals surface area contributed by atoms with Gasteiger partial charge in [-0.15, -0.1) is 0 Å². The molecule has 0 aromatic heterocycles. The van der Waals surface area contributed by atoms with Crippen molar-refractivity contribution in [2.45, 2.75) is 191 Å². The molecule has 1 unspecified atom stereocenters. The first-order valence-corrected chi connectivity index (χ1v) is 18.9. The summed E-state index contributed by atoms with van der Waals surface area (Å²) in [5.41, 5.74) is 0.813. The number of aliphatic hydroxyl groups is 2. The van der Waals surface area contributed by atoms with Gasteiger partial charge in [0.25, 0.3) is 0 Å². The van der Waals surface area contributed by atoms with Crippen LogP contribution in [0, 0.1) is 0 Å². The Labute approximate surface area is 297 Å². The van der Waals surface area contributed by atoms with Crippen LogP contribution in [0.5, 0.6) is 0 Å². The lowest BCUT2D eigenvalue weighted by molar-refractivity contribution is -0.388. The number of carboxylic acids is 1. The Kier molecular flexibility index (Phi) is 14.9. The normalized spacial score (nSPS) is 35.7. The largest absolute Gasteiger partial charge is 0.481 e. The number of aliphatic hydroxyl groups excluding tert-OH is 2. The van der Waals surface area contributed by atoms with E-state index in [0.29, 0.717) is 0 Å². The fourth-order valence-electron chi connectivity index (χ4n) is 7.46. The lowest BCUT2D eigenvalue weighted by atomic mass is 9.96. The van der Waals surface area contributed by atoms with E-state index >= 15 is 0 Å². The van der Waals surface area contributed by atoms with Crippen LogP contribution >= 0.6 is 0 Å². The molecule has 0 saturated carbocycles. The van der Waals surface area contributed by atoms with Gasteiger partial charge in [-0.05, 0) is 40.0 Å². The molecule has 12 nitrogen and oxygen atoms in total. The van der Waals surface area contributed by atoms with Crippen molar-refractivity contribution in [2.75, 3.05) is 6.61 Å². The summed E-state index contributed by atoms with van der Waals surface area (Å²) in [4.78, 5) is 10.7. The molecular formula is C38H60O12. The molecule has 3 N–H and O–H groups in total. The lowest BCUT2D eigenvalue weighted by Gasteiger charge is -2.48. The summed E-state index contributed by atoms with van der Waals surface area (Å²) in [6.45, 7) is 7.97. The topological polar surface area (TPSA) is 152 Å². The highest BCUT2D eigenvalue weighted by atomic mass is 16.8. The van der Waals surface area contributed by atoms with Crippen molar-refractivity contribution in [3.63, 3.8) is 0 Å². The standard InChI is InChI=1S/C38H60O12/c1-5-6-13-20-26(21-16-10-8-7-9-11-17-22-28(39)40)45-37-34(33-31(24(2)44-37)49-38(3,4)50-33)48-36-30(42)29(41)32-27(46-36)23-43-35(47-32)25-18-14-12-15-19-25/h12,14-15,18-19,24,26-27,29-37,41-42H,5-11,13,16-17,20-23H2,1-4H3,(H,39,40)/t24-,26-,27-,29-,30-,31+,32-,33+,34-,35?,36+,37+/m1/s1. The third kappa shape index (κ3) is 10.7. The molecule has 0 bridgehead atoms. The fraction of sp³-hybridized carbons (Fsp3) is 0.816. The minimum Gasteiger partial charge on any atom is -0.481 e. The minimum atomic E-state index is -1.41. The quantitative estimate of drug-likeness (QED) is 0.150. The van der Waals surface area contributed by atoms with Gasteiger partial charge in [0.15, 0.2) is 24.7 Å². The summed E-state index contributed by atoms with van der Waals surface area (Å²) >= 11 is 0. The second-order valence-corrected chi connectivity index (χ2v) is 14.7. The Balaban J connectivity index is 1.23. The zero-order valence-corrected chi connectivity index (χ0v) is 30.2. The smallest absolute Gasteiger partial charge is 0.303 e. The maximum Gasteiger partial charge on any atom is 0.303 e. The van der Waals surface area contributed by atoms with Gasteiger partial charge in [0, 0.05) is 12.0 Å². The van der Waals surface area contributed by atoms with Crippen LogP contribution in [-0.2, 0) is 42.7 Å². The summed E-state index contributed by atoms with van der Waals surface area (Å²) in [7, 11) is 0. The van der Waals surface area contributed by atoms with Crippen molar-refractivity contribution in [1.29, 1.82) is 0 Å². The number of benzene rings is 1. The van der Waals surface area contributed by atoms with Gasteiger partial charge in [0.1, 0.15) is 42.7 Å². The molecule has 0 aliphatic carbocycles. The first kappa shape index (κ1) is 39.5.